The molecule has 2 aromatic rings. The van der Waals surface area contributed by atoms with Crippen molar-refractivity contribution in [2.75, 3.05) is 0 Å². The lowest BCUT2D eigenvalue weighted by Gasteiger charge is -2.27. The summed E-state index contributed by atoms with van der Waals surface area (Å²) >= 11 is 6.14. The molecule has 0 bridgehead atoms. The van der Waals surface area contributed by atoms with E-state index in [4.69, 9.17) is 22.3 Å². The Morgan fingerprint density at radius 1 is 1.12 bits per heavy atom. The zero-order chi connectivity index (χ0) is 16.7. The van der Waals surface area contributed by atoms with E-state index in [2.05, 4.69) is 5.32 Å². The molecule has 2 fully saturated rings. The average Bonchev–Trinajstić information content (AvgIpc) is 3.41. The Labute approximate surface area is 146 Å². The highest BCUT2D eigenvalue weighted by Gasteiger charge is 2.28. The van der Waals surface area contributed by atoms with E-state index in [0.717, 1.165) is 55.1 Å². The predicted molar refractivity (Wildman–Crippen MR) is 96.4 cm³/mol. The van der Waals surface area contributed by atoms with Crippen LogP contribution < -0.4 is 11.1 Å². The van der Waals surface area contributed by atoms with Crippen LogP contribution >= 0.6 is 11.6 Å². The fourth-order valence-corrected chi connectivity index (χ4v) is 3.69. The summed E-state index contributed by atoms with van der Waals surface area (Å²) in [6.45, 7) is 0. The van der Waals surface area contributed by atoms with Crippen LogP contribution in [0.15, 0.2) is 24.3 Å². The van der Waals surface area contributed by atoms with Crippen molar-refractivity contribution in [3.8, 4) is 0 Å². The number of rotatable bonds is 3. The van der Waals surface area contributed by atoms with Gasteiger partial charge in [-0.2, -0.15) is 0 Å². The predicted octanol–water partition coefficient (Wildman–Crippen LogP) is 3.77. The van der Waals surface area contributed by atoms with Crippen molar-refractivity contribution < 1.29 is 4.79 Å². The van der Waals surface area contributed by atoms with Crippen molar-refractivity contribution in [2.24, 2.45) is 5.73 Å². The first-order valence-electron chi connectivity index (χ1n) is 8.77. The molecule has 24 heavy (non-hydrogen) atoms. The van der Waals surface area contributed by atoms with Gasteiger partial charge >= 0.3 is 0 Å². The second-order valence-corrected chi connectivity index (χ2v) is 7.55. The molecule has 5 heteroatoms. The summed E-state index contributed by atoms with van der Waals surface area (Å²) in [5, 5.41) is 4.65. The number of aromatic nitrogens is 1. The standard InChI is InChI=1S/C19H22ClN3O/c20-12-3-8-17-15(9-12)16(10-18(23-17)11-1-2-11)19(24)22-14-6-4-13(21)5-7-14/h3,8-11,13-14H,1-2,4-7,21H2,(H,22,24). The topological polar surface area (TPSA) is 68.0 Å². The minimum Gasteiger partial charge on any atom is -0.349 e. The van der Waals surface area contributed by atoms with E-state index in [-0.39, 0.29) is 18.0 Å². The molecule has 0 radical (unpaired) electrons. The number of nitrogens with one attached hydrogen (secondary N) is 1. The summed E-state index contributed by atoms with van der Waals surface area (Å²) in [5.74, 6) is 0.483. The summed E-state index contributed by atoms with van der Waals surface area (Å²) in [6.07, 6.45) is 6.17. The SMILES string of the molecule is NC1CCC(NC(=O)c2cc(C3CC3)nc3ccc(Cl)cc23)CC1. The van der Waals surface area contributed by atoms with Gasteiger partial charge in [0.2, 0.25) is 0 Å². The van der Waals surface area contributed by atoms with Crippen molar-refractivity contribution in [2.45, 2.75) is 56.5 Å². The summed E-state index contributed by atoms with van der Waals surface area (Å²) in [4.78, 5) is 17.6. The Morgan fingerprint density at radius 3 is 2.58 bits per heavy atom. The molecule has 3 N–H and O–H groups in total. The van der Waals surface area contributed by atoms with Crippen LogP contribution in [-0.2, 0) is 0 Å². The normalized spacial score (nSPS) is 24.1. The first kappa shape index (κ1) is 15.9. The van der Waals surface area contributed by atoms with Crippen molar-refractivity contribution in [3.05, 3.63) is 40.5 Å². The van der Waals surface area contributed by atoms with Gasteiger partial charge in [0, 0.05) is 34.1 Å². The van der Waals surface area contributed by atoms with E-state index in [1.807, 2.05) is 24.3 Å². The van der Waals surface area contributed by atoms with Crippen molar-refractivity contribution in [3.63, 3.8) is 0 Å². The van der Waals surface area contributed by atoms with Crippen LogP contribution in [0, 0.1) is 0 Å². The van der Waals surface area contributed by atoms with Crippen LogP contribution in [0.2, 0.25) is 5.02 Å². The third kappa shape index (κ3) is 3.26. The van der Waals surface area contributed by atoms with Gasteiger partial charge in [0.1, 0.15) is 0 Å². The van der Waals surface area contributed by atoms with Gasteiger partial charge < -0.3 is 11.1 Å². The maximum Gasteiger partial charge on any atom is 0.252 e. The lowest BCUT2D eigenvalue weighted by atomic mass is 9.91. The Kier molecular flexibility index (Phi) is 4.19. The second kappa shape index (κ2) is 6.34. The van der Waals surface area contributed by atoms with Crippen LogP contribution in [0.5, 0.6) is 0 Å². The highest BCUT2D eigenvalue weighted by molar-refractivity contribution is 6.31. The van der Waals surface area contributed by atoms with E-state index in [9.17, 15) is 4.79 Å². The number of amides is 1. The molecule has 126 valence electrons. The van der Waals surface area contributed by atoms with Gasteiger partial charge in [0.25, 0.3) is 5.91 Å². The molecule has 2 saturated carbocycles. The van der Waals surface area contributed by atoms with Crippen molar-refractivity contribution >= 4 is 28.4 Å². The van der Waals surface area contributed by atoms with E-state index in [1.165, 1.54) is 0 Å². The number of hydrogen-bond donors (Lipinski definition) is 2. The highest BCUT2D eigenvalue weighted by Crippen LogP contribution is 2.40. The van der Waals surface area contributed by atoms with Gasteiger partial charge in [-0.05, 0) is 62.8 Å². The lowest BCUT2D eigenvalue weighted by molar-refractivity contribution is 0.0927. The molecule has 2 aliphatic rings. The molecule has 0 aliphatic heterocycles. The molecule has 1 aromatic carbocycles. The van der Waals surface area contributed by atoms with Crippen LogP contribution in [-0.4, -0.2) is 23.0 Å². The molecule has 4 nitrogen and oxygen atoms in total. The van der Waals surface area contributed by atoms with Gasteiger partial charge in [-0.1, -0.05) is 11.6 Å². The van der Waals surface area contributed by atoms with E-state index >= 15 is 0 Å². The van der Waals surface area contributed by atoms with E-state index < -0.39 is 0 Å². The average molecular weight is 344 g/mol. The fraction of sp³-hybridized carbons (Fsp3) is 0.474. The molecular formula is C19H22ClN3O. The van der Waals surface area contributed by atoms with Crippen LogP contribution in [0.25, 0.3) is 10.9 Å². The first-order chi connectivity index (χ1) is 11.6. The van der Waals surface area contributed by atoms with Gasteiger partial charge in [-0.25, -0.2) is 0 Å². The maximum absolute atomic E-state index is 12.9. The van der Waals surface area contributed by atoms with Gasteiger partial charge in [0.05, 0.1) is 11.1 Å². The second-order valence-electron chi connectivity index (χ2n) is 7.12. The van der Waals surface area contributed by atoms with Gasteiger partial charge in [-0.15, -0.1) is 0 Å². The fourth-order valence-electron chi connectivity index (χ4n) is 3.52. The number of pyridine rings is 1. The maximum atomic E-state index is 12.9. The molecular weight excluding hydrogens is 322 g/mol. The lowest BCUT2D eigenvalue weighted by Crippen LogP contribution is -2.40. The molecule has 2 aliphatic carbocycles. The molecule has 0 spiro atoms. The minimum atomic E-state index is -0.0213. The number of nitrogens with two attached hydrogens (primary N) is 1. The Hall–Kier alpha value is -1.65. The molecule has 1 aromatic heterocycles. The quantitative estimate of drug-likeness (QED) is 0.891. The molecule has 1 heterocycles. The van der Waals surface area contributed by atoms with E-state index in [1.54, 1.807) is 0 Å². The summed E-state index contributed by atoms with van der Waals surface area (Å²) in [5.41, 5.74) is 8.52. The third-order valence-electron chi connectivity index (χ3n) is 5.14. The van der Waals surface area contributed by atoms with Gasteiger partial charge in [-0.3, -0.25) is 9.78 Å². The molecule has 0 unspecified atom stereocenters. The van der Waals surface area contributed by atoms with E-state index in [0.29, 0.717) is 16.5 Å². The number of halogens is 1. The summed E-state index contributed by atoms with van der Waals surface area (Å²) < 4.78 is 0. The monoisotopic (exact) mass is 343 g/mol. The number of nitrogens with zero attached hydrogens (tertiary/aromatic N) is 1. The minimum absolute atomic E-state index is 0.0213. The van der Waals surface area contributed by atoms with Crippen LogP contribution in [0.3, 0.4) is 0 Å². The van der Waals surface area contributed by atoms with Crippen LogP contribution in [0.4, 0.5) is 0 Å². The van der Waals surface area contributed by atoms with Crippen molar-refractivity contribution in [1.29, 1.82) is 0 Å². The molecule has 1 amide bonds. The van der Waals surface area contributed by atoms with Crippen molar-refractivity contribution in [1.82, 2.24) is 10.3 Å². The number of hydrogen-bond acceptors (Lipinski definition) is 3. The highest BCUT2D eigenvalue weighted by atomic mass is 35.5. The summed E-state index contributed by atoms with van der Waals surface area (Å²) in [7, 11) is 0. The van der Waals surface area contributed by atoms with Crippen LogP contribution in [0.1, 0.15) is 60.5 Å². The zero-order valence-electron chi connectivity index (χ0n) is 13.6. The first-order valence-corrected chi connectivity index (χ1v) is 9.14. The molecule has 0 saturated heterocycles. The number of carbonyl (C=O) groups is 1. The summed E-state index contributed by atoms with van der Waals surface area (Å²) in [6, 6.07) is 8.02. The smallest absolute Gasteiger partial charge is 0.252 e. The molecule has 0 atom stereocenters. The Morgan fingerprint density at radius 2 is 1.88 bits per heavy atom. The Balaban J connectivity index is 1.66. The number of benzene rings is 1. The Bertz CT molecular complexity index is 780. The van der Waals surface area contributed by atoms with Gasteiger partial charge in [0.15, 0.2) is 0 Å². The third-order valence-corrected chi connectivity index (χ3v) is 5.37. The largest absolute Gasteiger partial charge is 0.349 e. The molecule has 4 rings (SSSR count). The number of carbonyl (C=O) groups excluding carboxylic acids is 1. The zero-order valence-corrected chi connectivity index (χ0v) is 14.4. The number of fused-ring (bicyclic) bond motifs is 1.